The van der Waals surface area contributed by atoms with Crippen LogP contribution in [0.4, 0.5) is 17.5 Å². The first kappa shape index (κ1) is 13.7. The van der Waals surface area contributed by atoms with Crippen LogP contribution < -0.4 is 16.6 Å². The van der Waals surface area contributed by atoms with E-state index in [9.17, 15) is 10.1 Å². The molecule has 0 fully saturated rings. The van der Waals surface area contributed by atoms with Crippen molar-refractivity contribution in [3.8, 4) is 0 Å². The number of aromatic nitrogens is 4. The molecule has 0 aromatic carbocycles. The third kappa shape index (κ3) is 3.38. The highest BCUT2D eigenvalue weighted by atomic mass is 16.6. The normalized spacial score (nSPS) is 10.2. The molecule has 4 N–H and O–H groups in total. The first-order valence-electron chi connectivity index (χ1n) is 5.90. The summed E-state index contributed by atoms with van der Waals surface area (Å²) in [6, 6.07) is 1.84. The number of nitrogen functional groups attached to an aromatic ring is 1. The van der Waals surface area contributed by atoms with Crippen molar-refractivity contribution in [2.24, 2.45) is 5.84 Å². The van der Waals surface area contributed by atoms with Crippen molar-refractivity contribution in [2.45, 2.75) is 13.0 Å². The van der Waals surface area contributed by atoms with E-state index in [1.54, 1.807) is 10.9 Å². The highest BCUT2D eigenvalue weighted by Gasteiger charge is 2.16. The van der Waals surface area contributed by atoms with E-state index in [-0.39, 0.29) is 17.5 Å². The molecule has 0 atom stereocenters. The second-order valence-electron chi connectivity index (χ2n) is 3.88. The average Bonchev–Trinajstić information content (AvgIpc) is 2.96. The summed E-state index contributed by atoms with van der Waals surface area (Å²) in [5, 5.41) is 17.8. The van der Waals surface area contributed by atoms with Crippen molar-refractivity contribution in [2.75, 3.05) is 17.3 Å². The van der Waals surface area contributed by atoms with Crippen LogP contribution in [0.15, 0.2) is 24.7 Å². The Hall–Kier alpha value is -2.75. The lowest BCUT2D eigenvalue weighted by Crippen LogP contribution is -2.14. The number of rotatable bonds is 7. The van der Waals surface area contributed by atoms with Crippen LogP contribution in [0.2, 0.25) is 0 Å². The van der Waals surface area contributed by atoms with Crippen molar-refractivity contribution in [1.82, 2.24) is 19.7 Å². The molecule has 0 aliphatic carbocycles. The van der Waals surface area contributed by atoms with Crippen LogP contribution in [0.1, 0.15) is 6.42 Å². The smallest absolute Gasteiger partial charge is 0.329 e. The quantitative estimate of drug-likeness (QED) is 0.286. The summed E-state index contributed by atoms with van der Waals surface area (Å²) in [6.45, 7) is 1.22. The SMILES string of the molecule is NNc1ncc([N+](=O)[O-])c(NCCCn2cccn2)n1. The fraction of sp³-hybridized carbons (Fsp3) is 0.300. The Bertz CT molecular complexity index is 571. The standard InChI is InChI=1S/C10H14N8O2/c11-16-10-13-7-8(18(19)20)9(15-10)12-3-1-5-17-6-2-4-14-17/h2,4,6-7H,1,3,5,11H2,(H2,12,13,15,16). The van der Waals surface area contributed by atoms with Crippen molar-refractivity contribution in [3.63, 3.8) is 0 Å². The van der Waals surface area contributed by atoms with Crippen molar-refractivity contribution >= 4 is 17.5 Å². The minimum absolute atomic E-state index is 0.116. The maximum atomic E-state index is 10.9. The Morgan fingerprint density at radius 2 is 2.35 bits per heavy atom. The van der Waals surface area contributed by atoms with Gasteiger partial charge in [-0.15, -0.1) is 0 Å². The van der Waals surface area contributed by atoms with Crippen molar-refractivity contribution < 1.29 is 4.92 Å². The predicted octanol–water partition coefficient (Wildman–Crippen LogP) is 0.369. The molecular formula is C10H14N8O2. The van der Waals surface area contributed by atoms with E-state index in [4.69, 9.17) is 5.84 Å². The molecule has 0 bridgehead atoms. The first-order valence-corrected chi connectivity index (χ1v) is 5.90. The van der Waals surface area contributed by atoms with Gasteiger partial charge >= 0.3 is 5.69 Å². The Balaban J connectivity index is 1.95. The summed E-state index contributed by atoms with van der Waals surface area (Å²) in [5.41, 5.74) is 2.06. The number of nitro groups is 1. The maximum absolute atomic E-state index is 10.9. The topological polar surface area (TPSA) is 137 Å². The monoisotopic (exact) mass is 278 g/mol. The van der Waals surface area contributed by atoms with E-state index in [1.807, 2.05) is 12.3 Å². The summed E-state index contributed by atoms with van der Waals surface area (Å²) in [5.74, 6) is 5.43. The molecular weight excluding hydrogens is 264 g/mol. The van der Waals surface area contributed by atoms with E-state index < -0.39 is 4.92 Å². The van der Waals surface area contributed by atoms with E-state index in [2.05, 4.69) is 25.8 Å². The van der Waals surface area contributed by atoms with Crippen molar-refractivity contribution in [3.05, 3.63) is 34.8 Å². The van der Waals surface area contributed by atoms with Crippen molar-refractivity contribution in [1.29, 1.82) is 0 Å². The fourth-order valence-electron chi connectivity index (χ4n) is 1.59. The molecule has 0 saturated heterocycles. The highest BCUT2D eigenvalue weighted by molar-refractivity contribution is 5.56. The average molecular weight is 278 g/mol. The van der Waals surface area contributed by atoms with Gasteiger partial charge in [0.2, 0.25) is 11.8 Å². The van der Waals surface area contributed by atoms with Crippen LogP contribution in [-0.4, -0.2) is 31.2 Å². The van der Waals surface area contributed by atoms with Gasteiger partial charge in [0, 0.05) is 25.5 Å². The summed E-state index contributed by atoms with van der Waals surface area (Å²) < 4.78 is 1.78. The van der Waals surface area contributed by atoms with Gasteiger partial charge in [0.1, 0.15) is 6.20 Å². The number of hydrazine groups is 1. The van der Waals surface area contributed by atoms with Crippen LogP contribution in [-0.2, 0) is 6.54 Å². The Kier molecular flexibility index (Phi) is 4.39. The third-order valence-electron chi connectivity index (χ3n) is 2.51. The zero-order chi connectivity index (χ0) is 14.4. The number of hydrogen-bond acceptors (Lipinski definition) is 8. The molecule has 2 heterocycles. The number of nitrogens with two attached hydrogens (primary N) is 1. The first-order chi connectivity index (χ1) is 9.70. The molecule has 2 aromatic heterocycles. The van der Waals surface area contributed by atoms with Crippen LogP contribution in [0.5, 0.6) is 0 Å². The van der Waals surface area contributed by atoms with Crippen LogP contribution in [0.25, 0.3) is 0 Å². The summed E-state index contributed by atoms with van der Waals surface area (Å²) in [6.07, 6.45) is 5.40. The van der Waals surface area contributed by atoms with E-state index >= 15 is 0 Å². The van der Waals surface area contributed by atoms with Gasteiger partial charge < -0.3 is 5.32 Å². The largest absolute Gasteiger partial charge is 0.364 e. The van der Waals surface area contributed by atoms with E-state index in [0.717, 1.165) is 12.6 Å². The molecule has 10 nitrogen and oxygen atoms in total. The van der Waals surface area contributed by atoms with Crippen LogP contribution >= 0.6 is 0 Å². The summed E-state index contributed by atoms with van der Waals surface area (Å²) in [7, 11) is 0. The summed E-state index contributed by atoms with van der Waals surface area (Å²) in [4.78, 5) is 17.9. The fourth-order valence-corrected chi connectivity index (χ4v) is 1.59. The van der Waals surface area contributed by atoms with Crippen LogP contribution in [0.3, 0.4) is 0 Å². The van der Waals surface area contributed by atoms with Gasteiger partial charge in [0.25, 0.3) is 0 Å². The molecule has 0 radical (unpaired) electrons. The molecule has 0 amide bonds. The van der Waals surface area contributed by atoms with Gasteiger partial charge in [0.05, 0.1) is 4.92 Å². The van der Waals surface area contributed by atoms with E-state index in [0.29, 0.717) is 13.1 Å². The van der Waals surface area contributed by atoms with Gasteiger partial charge in [0.15, 0.2) is 0 Å². The van der Waals surface area contributed by atoms with Gasteiger partial charge in [-0.3, -0.25) is 20.2 Å². The van der Waals surface area contributed by atoms with Gasteiger partial charge in [-0.1, -0.05) is 0 Å². The lowest BCUT2D eigenvalue weighted by atomic mass is 10.4. The lowest BCUT2D eigenvalue weighted by molar-refractivity contribution is -0.384. The molecule has 0 unspecified atom stereocenters. The molecule has 106 valence electrons. The lowest BCUT2D eigenvalue weighted by Gasteiger charge is -2.07. The van der Waals surface area contributed by atoms with Gasteiger partial charge in [-0.25, -0.2) is 10.8 Å². The number of hydrogen-bond donors (Lipinski definition) is 3. The molecule has 0 spiro atoms. The maximum Gasteiger partial charge on any atom is 0.329 e. The van der Waals surface area contributed by atoms with E-state index in [1.165, 1.54) is 0 Å². The molecule has 0 aliphatic rings. The molecule has 2 aromatic rings. The number of nitrogens with one attached hydrogen (secondary N) is 2. The Morgan fingerprint density at radius 1 is 1.50 bits per heavy atom. The molecule has 0 aliphatic heterocycles. The Morgan fingerprint density at radius 3 is 3.00 bits per heavy atom. The molecule has 20 heavy (non-hydrogen) atoms. The van der Waals surface area contributed by atoms with Gasteiger partial charge in [-0.2, -0.15) is 10.1 Å². The number of anilines is 2. The highest BCUT2D eigenvalue weighted by Crippen LogP contribution is 2.21. The minimum Gasteiger partial charge on any atom is -0.364 e. The number of aryl methyl sites for hydroxylation is 1. The minimum atomic E-state index is -0.546. The zero-order valence-corrected chi connectivity index (χ0v) is 10.6. The molecule has 10 heteroatoms. The van der Waals surface area contributed by atoms with Crippen LogP contribution in [0, 0.1) is 10.1 Å². The third-order valence-corrected chi connectivity index (χ3v) is 2.51. The number of nitrogens with zero attached hydrogens (tertiary/aromatic N) is 5. The van der Waals surface area contributed by atoms with Gasteiger partial charge in [-0.05, 0) is 12.5 Å². The second-order valence-corrected chi connectivity index (χ2v) is 3.88. The molecule has 0 saturated carbocycles. The predicted molar refractivity (Wildman–Crippen MR) is 71.8 cm³/mol. The molecule has 2 rings (SSSR count). The summed E-state index contributed by atoms with van der Waals surface area (Å²) >= 11 is 0. The zero-order valence-electron chi connectivity index (χ0n) is 10.6. The Labute approximate surface area is 114 Å². The second kappa shape index (κ2) is 6.43.